The average molecular weight is 450 g/mol. The van der Waals surface area contributed by atoms with Gasteiger partial charge in [0.2, 0.25) is 0 Å². The Morgan fingerprint density at radius 1 is 1.20 bits per heavy atom. The summed E-state index contributed by atoms with van der Waals surface area (Å²) >= 11 is 7.85. The van der Waals surface area contributed by atoms with E-state index in [2.05, 4.69) is 18.8 Å². The van der Waals surface area contributed by atoms with Gasteiger partial charge in [-0.1, -0.05) is 43.6 Å². The first-order valence-electron chi connectivity index (χ1n) is 10.1. The first-order chi connectivity index (χ1) is 14.3. The molecule has 0 saturated carbocycles. The third-order valence-corrected chi connectivity index (χ3v) is 6.72. The van der Waals surface area contributed by atoms with Gasteiger partial charge in [-0.2, -0.15) is 0 Å². The summed E-state index contributed by atoms with van der Waals surface area (Å²) in [7, 11) is 1.38. The predicted octanol–water partition coefficient (Wildman–Crippen LogP) is 3.98. The summed E-state index contributed by atoms with van der Waals surface area (Å²) < 4.78 is 5.04. The summed E-state index contributed by atoms with van der Waals surface area (Å²) in [5.74, 6) is 0.175. The van der Waals surface area contributed by atoms with Crippen molar-refractivity contribution in [1.29, 1.82) is 0 Å². The van der Waals surface area contributed by atoms with Gasteiger partial charge in [0.25, 0.3) is 5.91 Å². The van der Waals surface area contributed by atoms with E-state index in [0.717, 1.165) is 27.6 Å². The fourth-order valence-corrected chi connectivity index (χ4v) is 5.18. The zero-order chi connectivity index (χ0) is 21.8. The van der Waals surface area contributed by atoms with E-state index < -0.39 is 6.04 Å². The SMILES string of the molecule is COC(=O)C(c1ccccc1Cl)N1CCN(C(=O)c2sc(CC(C)C)nc2C)CC1. The van der Waals surface area contributed by atoms with Crippen molar-refractivity contribution in [2.75, 3.05) is 33.3 Å². The number of carbonyl (C=O) groups excluding carboxylic acids is 2. The van der Waals surface area contributed by atoms with Crippen molar-refractivity contribution >= 4 is 34.8 Å². The lowest BCUT2D eigenvalue weighted by atomic mass is 10.0. The summed E-state index contributed by atoms with van der Waals surface area (Å²) in [5.41, 5.74) is 1.52. The number of rotatable bonds is 6. The van der Waals surface area contributed by atoms with Gasteiger partial charge < -0.3 is 9.64 Å². The third-order valence-electron chi connectivity index (χ3n) is 5.21. The molecule has 2 aromatic rings. The van der Waals surface area contributed by atoms with Crippen LogP contribution in [0.4, 0.5) is 0 Å². The first-order valence-corrected chi connectivity index (χ1v) is 11.3. The molecule has 1 amide bonds. The van der Waals surface area contributed by atoms with Crippen LogP contribution >= 0.6 is 22.9 Å². The van der Waals surface area contributed by atoms with Crippen molar-refractivity contribution in [2.24, 2.45) is 5.92 Å². The molecule has 0 spiro atoms. The summed E-state index contributed by atoms with van der Waals surface area (Å²) in [6.07, 6.45) is 0.880. The lowest BCUT2D eigenvalue weighted by molar-refractivity contribution is -0.148. The van der Waals surface area contributed by atoms with E-state index in [1.807, 2.05) is 34.9 Å². The van der Waals surface area contributed by atoms with Crippen LogP contribution in [0.2, 0.25) is 5.02 Å². The van der Waals surface area contributed by atoms with Gasteiger partial charge in [0.05, 0.1) is 17.8 Å². The topological polar surface area (TPSA) is 62.7 Å². The molecular weight excluding hydrogens is 422 g/mol. The number of aromatic nitrogens is 1. The van der Waals surface area contributed by atoms with Crippen molar-refractivity contribution in [1.82, 2.24) is 14.8 Å². The third kappa shape index (κ3) is 5.02. The Labute approximate surface area is 186 Å². The Kier molecular flexibility index (Phi) is 7.50. The van der Waals surface area contributed by atoms with Crippen LogP contribution in [0.25, 0.3) is 0 Å². The minimum Gasteiger partial charge on any atom is -0.468 e. The van der Waals surface area contributed by atoms with Gasteiger partial charge in [0.1, 0.15) is 10.9 Å². The molecule has 1 saturated heterocycles. The second kappa shape index (κ2) is 9.90. The fourth-order valence-electron chi connectivity index (χ4n) is 3.70. The monoisotopic (exact) mass is 449 g/mol. The van der Waals surface area contributed by atoms with E-state index in [1.165, 1.54) is 18.4 Å². The Morgan fingerprint density at radius 3 is 2.47 bits per heavy atom. The van der Waals surface area contributed by atoms with Crippen LogP contribution in [0.1, 0.15) is 45.8 Å². The number of carbonyl (C=O) groups is 2. The van der Waals surface area contributed by atoms with Crippen molar-refractivity contribution in [2.45, 2.75) is 33.2 Å². The lowest BCUT2D eigenvalue weighted by Gasteiger charge is -2.38. The summed E-state index contributed by atoms with van der Waals surface area (Å²) in [6, 6.07) is 6.73. The fraction of sp³-hybridized carbons (Fsp3) is 0.500. The maximum atomic E-state index is 13.1. The van der Waals surface area contributed by atoms with Gasteiger partial charge in [0, 0.05) is 37.6 Å². The maximum absolute atomic E-state index is 13.1. The van der Waals surface area contributed by atoms with Crippen molar-refractivity contribution < 1.29 is 14.3 Å². The Balaban J connectivity index is 1.71. The Morgan fingerprint density at radius 2 is 1.87 bits per heavy atom. The molecule has 1 unspecified atom stereocenters. The molecule has 1 aliphatic heterocycles. The van der Waals surface area contributed by atoms with E-state index >= 15 is 0 Å². The van der Waals surface area contributed by atoms with Gasteiger partial charge in [-0.15, -0.1) is 11.3 Å². The second-order valence-corrected chi connectivity index (χ2v) is 9.39. The first kappa shape index (κ1) is 22.7. The lowest BCUT2D eigenvalue weighted by Crippen LogP contribution is -2.51. The van der Waals surface area contributed by atoms with E-state index in [4.69, 9.17) is 16.3 Å². The van der Waals surface area contributed by atoms with Crippen LogP contribution in [0.15, 0.2) is 24.3 Å². The van der Waals surface area contributed by atoms with Crippen molar-refractivity contribution in [3.05, 3.63) is 50.4 Å². The zero-order valence-corrected chi connectivity index (χ0v) is 19.4. The Bertz CT molecular complexity index is 907. The molecule has 1 aliphatic rings. The molecule has 162 valence electrons. The molecule has 1 fully saturated rings. The molecule has 1 aromatic carbocycles. The molecule has 1 atom stereocenters. The number of thiazole rings is 1. The second-order valence-electron chi connectivity index (χ2n) is 7.90. The van der Waals surface area contributed by atoms with Gasteiger partial charge >= 0.3 is 5.97 Å². The smallest absolute Gasteiger partial charge is 0.327 e. The van der Waals surface area contributed by atoms with E-state index in [-0.39, 0.29) is 11.9 Å². The van der Waals surface area contributed by atoms with Gasteiger partial charge in [-0.3, -0.25) is 9.69 Å². The highest BCUT2D eigenvalue weighted by Crippen LogP contribution is 2.30. The number of piperazine rings is 1. The molecule has 1 aromatic heterocycles. The van der Waals surface area contributed by atoms with Crippen LogP contribution in [0, 0.1) is 12.8 Å². The average Bonchev–Trinajstić information content (AvgIpc) is 3.08. The molecule has 6 nitrogen and oxygen atoms in total. The number of amides is 1. The molecule has 0 radical (unpaired) electrons. The predicted molar refractivity (Wildman–Crippen MR) is 119 cm³/mol. The molecular formula is C22H28ClN3O3S. The molecule has 0 bridgehead atoms. The number of esters is 1. The molecule has 2 heterocycles. The number of ether oxygens (including phenoxy) is 1. The molecule has 8 heteroatoms. The quantitative estimate of drug-likeness (QED) is 0.624. The molecule has 30 heavy (non-hydrogen) atoms. The van der Waals surface area contributed by atoms with Crippen molar-refractivity contribution in [3.63, 3.8) is 0 Å². The summed E-state index contributed by atoms with van der Waals surface area (Å²) in [5, 5.41) is 1.54. The number of nitrogens with zero attached hydrogens (tertiary/aromatic N) is 3. The van der Waals surface area contributed by atoms with Crippen LogP contribution in [0.5, 0.6) is 0 Å². The number of methoxy groups -OCH3 is 1. The van der Waals surface area contributed by atoms with Crippen LogP contribution < -0.4 is 0 Å². The van der Waals surface area contributed by atoms with E-state index in [9.17, 15) is 9.59 Å². The van der Waals surface area contributed by atoms with E-state index in [1.54, 1.807) is 6.07 Å². The van der Waals surface area contributed by atoms with Gasteiger partial charge in [0.15, 0.2) is 0 Å². The highest BCUT2D eigenvalue weighted by atomic mass is 35.5. The number of aryl methyl sites for hydroxylation is 1. The maximum Gasteiger partial charge on any atom is 0.327 e. The van der Waals surface area contributed by atoms with Crippen LogP contribution in [-0.2, 0) is 16.0 Å². The largest absolute Gasteiger partial charge is 0.468 e. The number of benzene rings is 1. The summed E-state index contributed by atoms with van der Waals surface area (Å²) in [6.45, 7) is 8.39. The van der Waals surface area contributed by atoms with E-state index in [0.29, 0.717) is 37.1 Å². The zero-order valence-electron chi connectivity index (χ0n) is 17.9. The van der Waals surface area contributed by atoms with Gasteiger partial charge in [-0.05, 0) is 24.5 Å². The standard InChI is InChI=1S/C22H28ClN3O3S/c1-14(2)13-18-24-15(3)20(30-18)21(27)26-11-9-25(10-12-26)19(22(28)29-4)16-7-5-6-8-17(16)23/h5-8,14,19H,9-13H2,1-4H3. The van der Waals surface area contributed by atoms with Crippen LogP contribution in [0.3, 0.4) is 0 Å². The normalized spacial score (nSPS) is 16.0. The Hall–Kier alpha value is -1.96. The van der Waals surface area contributed by atoms with Crippen LogP contribution in [-0.4, -0.2) is 59.9 Å². The molecule has 3 rings (SSSR count). The number of hydrogen-bond donors (Lipinski definition) is 0. The molecule has 0 N–H and O–H groups in total. The van der Waals surface area contributed by atoms with Crippen molar-refractivity contribution in [3.8, 4) is 0 Å². The van der Waals surface area contributed by atoms with Gasteiger partial charge in [-0.25, -0.2) is 9.78 Å². The highest BCUT2D eigenvalue weighted by molar-refractivity contribution is 7.13. The highest BCUT2D eigenvalue weighted by Gasteiger charge is 2.34. The summed E-state index contributed by atoms with van der Waals surface area (Å²) in [4.78, 5) is 34.8. The number of hydrogen-bond acceptors (Lipinski definition) is 6. The molecule has 0 aliphatic carbocycles. The minimum atomic E-state index is -0.580. The minimum absolute atomic E-state index is 0.0204. The number of halogens is 1.